The summed E-state index contributed by atoms with van der Waals surface area (Å²) in [6, 6.07) is 6.28. The number of amidine groups is 1. The van der Waals surface area contributed by atoms with E-state index in [-0.39, 0.29) is 0 Å². The zero-order valence-electron chi connectivity index (χ0n) is 12.2. The van der Waals surface area contributed by atoms with Crippen molar-refractivity contribution in [3.63, 3.8) is 0 Å². The molecule has 0 saturated heterocycles. The number of para-hydroxylation sites is 1. The molecule has 0 aliphatic carbocycles. The van der Waals surface area contributed by atoms with E-state index in [0.29, 0.717) is 0 Å². The minimum Gasteiger partial charge on any atom is -0.271 e. The number of nitrogens with one attached hydrogen (secondary N) is 2. The molecule has 1 aromatic carbocycles. The van der Waals surface area contributed by atoms with Crippen molar-refractivity contribution in [1.82, 2.24) is 25.9 Å². The topological polar surface area (TPSA) is 57.5 Å². The summed E-state index contributed by atoms with van der Waals surface area (Å²) >= 11 is 2.33. The van der Waals surface area contributed by atoms with Gasteiger partial charge in [-0.05, 0) is 54.5 Å². The van der Waals surface area contributed by atoms with Gasteiger partial charge in [-0.2, -0.15) is 5.10 Å². The first-order chi connectivity index (χ1) is 10.1. The Morgan fingerprint density at radius 3 is 2.62 bits per heavy atom. The summed E-state index contributed by atoms with van der Waals surface area (Å²) in [4.78, 5) is 0. The average Bonchev–Trinajstić information content (AvgIpc) is 3.06. The second-order valence-electron chi connectivity index (χ2n) is 4.90. The van der Waals surface area contributed by atoms with Gasteiger partial charge in [-0.1, -0.05) is 18.2 Å². The highest BCUT2D eigenvalue weighted by molar-refractivity contribution is 14.1. The van der Waals surface area contributed by atoms with Crippen LogP contribution in [0.1, 0.15) is 23.6 Å². The van der Waals surface area contributed by atoms with Crippen LogP contribution in [0.3, 0.4) is 0 Å². The zero-order chi connectivity index (χ0) is 15.0. The third kappa shape index (κ3) is 2.40. The van der Waals surface area contributed by atoms with Crippen molar-refractivity contribution in [2.24, 2.45) is 5.10 Å². The van der Waals surface area contributed by atoms with Crippen LogP contribution in [0.25, 0.3) is 5.69 Å². The predicted octanol–water partition coefficient (Wildman–Crippen LogP) is 2.10. The number of halogens is 1. The Labute approximate surface area is 137 Å². The Kier molecular flexibility index (Phi) is 3.85. The maximum absolute atomic E-state index is 4.57. The molecule has 1 aliphatic rings. The number of aromatic nitrogens is 2. The normalized spacial score (nSPS) is 14.3. The monoisotopic (exact) mass is 396 g/mol. The molecule has 0 spiro atoms. The van der Waals surface area contributed by atoms with E-state index in [4.69, 9.17) is 0 Å². The van der Waals surface area contributed by atoms with Crippen molar-refractivity contribution in [2.45, 2.75) is 20.8 Å². The van der Waals surface area contributed by atoms with E-state index < -0.39 is 0 Å². The van der Waals surface area contributed by atoms with Gasteiger partial charge in [0.2, 0.25) is 0 Å². The maximum Gasteiger partial charge on any atom is 0.177 e. The molecule has 1 aromatic heterocycles. The SMILES string of the molecule is CCN1NNN=C1c1cnn(-c2c(C)cccc2C)c1I. The van der Waals surface area contributed by atoms with Gasteiger partial charge in [0.25, 0.3) is 0 Å². The minimum atomic E-state index is 0.816. The third-order valence-electron chi connectivity index (χ3n) is 3.52. The molecule has 2 aromatic rings. The molecule has 0 radical (unpaired) electrons. The second kappa shape index (κ2) is 5.64. The first-order valence-corrected chi connectivity index (χ1v) is 7.87. The molecule has 0 amide bonds. The van der Waals surface area contributed by atoms with Crippen LogP contribution in [0.5, 0.6) is 0 Å². The molecular weight excluding hydrogens is 379 g/mol. The lowest BCUT2D eigenvalue weighted by Gasteiger charge is -2.16. The van der Waals surface area contributed by atoms with Crippen LogP contribution in [0.4, 0.5) is 0 Å². The van der Waals surface area contributed by atoms with Crippen molar-refractivity contribution >= 4 is 28.4 Å². The van der Waals surface area contributed by atoms with Crippen molar-refractivity contribution in [2.75, 3.05) is 6.54 Å². The van der Waals surface area contributed by atoms with Crippen molar-refractivity contribution in [3.8, 4) is 5.69 Å². The lowest BCUT2D eigenvalue weighted by molar-refractivity contribution is 0.308. The Bertz CT molecular complexity index is 685. The lowest BCUT2D eigenvalue weighted by atomic mass is 10.1. The Morgan fingerprint density at radius 1 is 1.24 bits per heavy atom. The number of aryl methyl sites for hydroxylation is 2. The summed E-state index contributed by atoms with van der Waals surface area (Å²) in [6.45, 7) is 7.09. The highest BCUT2D eigenvalue weighted by Crippen LogP contribution is 2.24. The maximum atomic E-state index is 4.57. The van der Waals surface area contributed by atoms with E-state index in [1.807, 2.05) is 15.9 Å². The Morgan fingerprint density at radius 2 is 1.95 bits per heavy atom. The first-order valence-electron chi connectivity index (χ1n) is 6.79. The van der Waals surface area contributed by atoms with Crippen LogP contribution in [-0.2, 0) is 0 Å². The van der Waals surface area contributed by atoms with E-state index in [0.717, 1.165) is 27.3 Å². The van der Waals surface area contributed by atoms with E-state index in [1.165, 1.54) is 11.1 Å². The molecule has 0 fully saturated rings. The molecule has 2 N–H and O–H groups in total. The van der Waals surface area contributed by atoms with Gasteiger partial charge in [0.15, 0.2) is 5.84 Å². The largest absolute Gasteiger partial charge is 0.271 e. The number of rotatable bonds is 3. The fraction of sp³-hybridized carbons (Fsp3) is 0.286. The smallest absolute Gasteiger partial charge is 0.177 e. The quantitative estimate of drug-likeness (QED) is 0.781. The zero-order valence-corrected chi connectivity index (χ0v) is 14.3. The van der Waals surface area contributed by atoms with Crippen LogP contribution >= 0.6 is 22.6 Å². The van der Waals surface area contributed by atoms with E-state index >= 15 is 0 Å². The van der Waals surface area contributed by atoms with Gasteiger partial charge < -0.3 is 0 Å². The van der Waals surface area contributed by atoms with E-state index in [9.17, 15) is 0 Å². The summed E-state index contributed by atoms with van der Waals surface area (Å²) in [5.74, 6) is 0.861. The van der Waals surface area contributed by atoms with Crippen molar-refractivity contribution in [3.05, 3.63) is 44.8 Å². The molecule has 0 unspecified atom stereocenters. The molecule has 0 atom stereocenters. The standard InChI is InChI=1S/C14H17IN6/c1-4-20-14(17-18-19-20)11-8-16-21(13(11)15)12-9(2)6-5-7-10(12)3/h5-8,18-19H,4H2,1-3H3. The van der Waals surface area contributed by atoms with Crippen LogP contribution in [-0.4, -0.2) is 27.2 Å². The molecule has 0 bridgehead atoms. The molecule has 1 aliphatic heterocycles. The van der Waals surface area contributed by atoms with Crippen LogP contribution in [0, 0.1) is 17.5 Å². The molecule has 6 nitrogen and oxygen atoms in total. The number of hydrazine groups is 2. The Balaban J connectivity index is 2.08. The van der Waals surface area contributed by atoms with Crippen LogP contribution < -0.4 is 11.1 Å². The van der Waals surface area contributed by atoms with Gasteiger partial charge >= 0.3 is 0 Å². The average molecular weight is 396 g/mol. The van der Waals surface area contributed by atoms with Crippen LogP contribution in [0.15, 0.2) is 29.5 Å². The number of hydrazone groups is 1. The molecule has 110 valence electrons. The molecule has 2 heterocycles. The van der Waals surface area contributed by atoms with Crippen molar-refractivity contribution < 1.29 is 0 Å². The van der Waals surface area contributed by atoms with E-state index in [1.54, 1.807) is 0 Å². The summed E-state index contributed by atoms with van der Waals surface area (Å²) in [5, 5.41) is 10.8. The highest BCUT2D eigenvalue weighted by atomic mass is 127. The van der Waals surface area contributed by atoms with E-state index in [2.05, 4.69) is 82.8 Å². The van der Waals surface area contributed by atoms with Gasteiger partial charge in [0.05, 0.1) is 17.4 Å². The molecule has 7 heteroatoms. The third-order valence-corrected chi connectivity index (χ3v) is 4.56. The Hall–Kier alpha value is -1.61. The van der Waals surface area contributed by atoms with Crippen LogP contribution in [0.2, 0.25) is 0 Å². The minimum absolute atomic E-state index is 0.816. The first kappa shape index (κ1) is 14.3. The molecular formula is C14H17IN6. The van der Waals surface area contributed by atoms with Gasteiger partial charge in [-0.15, -0.1) is 10.6 Å². The number of hydrogen-bond donors (Lipinski definition) is 2. The molecule has 21 heavy (non-hydrogen) atoms. The number of benzene rings is 1. The van der Waals surface area contributed by atoms with Gasteiger partial charge in [0, 0.05) is 6.54 Å². The highest BCUT2D eigenvalue weighted by Gasteiger charge is 2.23. The molecule has 0 saturated carbocycles. The fourth-order valence-corrected chi connectivity index (χ4v) is 3.21. The summed E-state index contributed by atoms with van der Waals surface area (Å²) in [7, 11) is 0. The fourth-order valence-electron chi connectivity index (χ4n) is 2.47. The second-order valence-corrected chi connectivity index (χ2v) is 5.93. The molecule has 3 rings (SSSR count). The van der Waals surface area contributed by atoms with Gasteiger partial charge in [-0.3, -0.25) is 5.01 Å². The van der Waals surface area contributed by atoms with Gasteiger partial charge in [0.1, 0.15) is 3.70 Å². The lowest BCUT2D eigenvalue weighted by Crippen LogP contribution is -2.41. The summed E-state index contributed by atoms with van der Waals surface area (Å²) < 4.78 is 3.03. The summed E-state index contributed by atoms with van der Waals surface area (Å²) in [5.41, 5.74) is 10.3. The van der Waals surface area contributed by atoms with Gasteiger partial charge in [-0.25, -0.2) is 10.2 Å². The number of nitrogens with zero attached hydrogens (tertiary/aromatic N) is 4. The number of hydrogen-bond acceptors (Lipinski definition) is 5. The summed E-state index contributed by atoms with van der Waals surface area (Å²) in [6.07, 6.45) is 1.86. The van der Waals surface area contributed by atoms with Crippen molar-refractivity contribution in [1.29, 1.82) is 0 Å². The predicted molar refractivity (Wildman–Crippen MR) is 90.9 cm³/mol.